The molecule has 0 spiro atoms. The topological polar surface area (TPSA) is 61.4 Å². The molecule has 0 radical (unpaired) electrons. The van der Waals surface area contributed by atoms with Gasteiger partial charge >= 0.3 is 6.03 Å². The van der Waals surface area contributed by atoms with Crippen molar-refractivity contribution in [2.24, 2.45) is 0 Å². The number of carbonyl (C=O) groups is 1. The van der Waals surface area contributed by atoms with Gasteiger partial charge in [-0.3, -0.25) is 4.98 Å². The molecular formula is C18H22ClN5O. The highest BCUT2D eigenvalue weighted by atomic mass is 35.5. The number of pyridine rings is 2. The summed E-state index contributed by atoms with van der Waals surface area (Å²) in [5.74, 6) is 0.893. The fourth-order valence-corrected chi connectivity index (χ4v) is 3.01. The maximum Gasteiger partial charge on any atom is 0.318 e. The maximum atomic E-state index is 12.6. The molecule has 6 nitrogen and oxygen atoms in total. The fraction of sp³-hybridized carbons (Fsp3) is 0.389. The van der Waals surface area contributed by atoms with Crippen LogP contribution in [0, 0.1) is 0 Å². The molecule has 0 bridgehead atoms. The summed E-state index contributed by atoms with van der Waals surface area (Å²) in [6, 6.07) is 9.40. The quantitative estimate of drug-likeness (QED) is 0.911. The van der Waals surface area contributed by atoms with Gasteiger partial charge in [-0.05, 0) is 30.7 Å². The van der Waals surface area contributed by atoms with Crippen molar-refractivity contribution >= 4 is 23.4 Å². The molecule has 1 fully saturated rings. The van der Waals surface area contributed by atoms with Crippen LogP contribution in [0.15, 0.2) is 42.7 Å². The minimum Gasteiger partial charge on any atom is -0.353 e. The summed E-state index contributed by atoms with van der Waals surface area (Å²) in [7, 11) is 0. The van der Waals surface area contributed by atoms with Crippen molar-refractivity contribution in [1.82, 2.24) is 20.2 Å². The first-order valence-electron chi connectivity index (χ1n) is 8.50. The van der Waals surface area contributed by atoms with E-state index >= 15 is 0 Å². The first-order chi connectivity index (χ1) is 12.2. The Balaban J connectivity index is 1.55. The van der Waals surface area contributed by atoms with Crippen molar-refractivity contribution in [3.8, 4) is 0 Å². The Kier molecular flexibility index (Phi) is 5.71. The van der Waals surface area contributed by atoms with Gasteiger partial charge in [0.05, 0.1) is 16.8 Å². The number of urea groups is 1. The first-order valence-corrected chi connectivity index (χ1v) is 8.88. The standard InChI is InChI=1S/C18H22ClN5O/c1-2-15(16-5-3-4-8-20-16)22-18(25)24-11-9-23(10-12-24)17-7-6-14(19)13-21-17/h3-8,13,15H,2,9-12H2,1H3,(H,22,25)/t15-/m0/s1. The summed E-state index contributed by atoms with van der Waals surface area (Å²) < 4.78 is 0. The molecule has 2 amide bonds. The second kappa shape index (κ2) is 8.16. The summed E-state index contributed by atoms with van der Waals surface area (Å²) in [6.45, 7) is 4.87. The highest BCUT2D eigenvalue weighted by Gasteiger charge is 2.24. The van der Waals surface area contributed by atoms with Gasteiger partial charge in [0.15, 0.2) is 0 Å². The molecule has 1 aliphatic heterocycles. The lowest BCUT2D eigenvalue weighted by molar-refractivity contribution is 0.189. The smallest absolute Gasteiger partial charge is 0.318 e. The van der Waals surface area contributed by atoms with Crippen LogP contribution in [-0.2, 0) is 0 Å². The number of nitrogens with one attached hydrogen (secondary N) is 1. The van der Waals surface area contributed by atoms with Crippen molar-refractivity contribution in [3.05, 3.63) is 53.4 Å². The van der Waals surface area contributed by atoms with Crippen LogP contribution in [0.2, 0.25) is 5.02 Å². The van der Waals surface area contributed by atoms with Crippen molar-refractivity contribution in [1.29, 1.82) is 0 Å². The number of hydrogen-bond donors (Lipinski definition) is 1. The van der Waals surface area contributed by atoms with E-state index in [9.17, 15) is 4.79 Å². The Hall–Kier alpha value is -2.34. The molecular weight excluding hydrogens is 338 g/mol. The summed E-state index contributed by atoms with van der Waals surface area (Å²) in [4.78, 5) is 25.3. The molecule has 2 aromatic rings. The van der Waals surface area contributed by atoms with E-state index in [1.807, 2.05) is 42.2 Å². The van der Waals surface area contributed by atoms with Crippen LogP contribution >= 0.6 is 11.6 Å². The molecule has 1 aliphatic rings. The Bertz CT molecular complexity index is 686. The average Bonchev–Trinajstić information content (AvgIpc) is 2.67. The summed E-state index contributed by atoms with van der Waals surface area (Å²) >= 11 is 5.88. The zero-order chi connectivity index (χ0) is 17.6. The number of piperazine rings is 1. The highest BCUT2D eigenvalue weighted by molar-refractivity contribution is 6.30. The third-order valence-corrected chi connectivity index (χ3v) is 4.58. The SMILES string of the molecule is CC[C@H](NC(=O)N1CCN(c2ccc(Cl)cn2)CC1)c1ccccn1. The largest absolute Gasteiger partial charge is 0.353 e. The molecule has 132 valence electrons. The van der Waals surface area contributed by atoms with Crippen molar-refractivity contribution in [3.63, 3.8) is 0 Å². The van der Waals surface area contributed by atoms with E-state index in [2.05, 4.69) is 20.2 Å². The Morgan fingerprint density at radius 1 is 1.20 bits per heavy atom. The predicted molar refractivity (Wildman–Crippen MR) is 98.8 cm³/mol. The predicted octanol–water partition coefficient (Wildman–Crippen LogP) is 3.11. The van der Waals surface area contributed by atoms with Crippen LogP contribution in [0.4, 0.5) is 10.6 Å². The molecule has 3 rings (SSSR count). The Morgan fingerprint density at radius 2 is 2.00 bits per heavy atom. The summed E-state index contributed by atoms with van der Waals surface area (Å²) in [5, 5.41) is 3.71. The van der Waals surface area contributed by atoms with Gasteiger partial charge in [0.25, 0.3) is 0 Å². The highest BCUT2D eigenvalue weighted by Crippen LogP contribution is 2.17. The molecule has 0 aliphatic carbocycles. The van der Waals surface area contributed by atoms with E-state index < -0.39 is 0 Å². The summed E-state index contributed by atoms with van der Waals surface area (Å²) in [6.07, 6.45) is 4.20. The van der Waals surface area contributed by atoms with Crippen LogP contribution in [0.5, 0.6) is 0 Å². The molecule has 0 aromatic carbocycles. The molecule has 0 saturated carbocycles. The van der Waals surface area contributed by atoms with Crippen LogP contribution < -0.4 is 10.2 Å². The molecule has 1 saturated heterocycles. The Morgan fingerprint density at radius 3 is 2.60 bits per heavy atom. The normalized spacial score (nSPS) is 15.8. The molecule has 25 heavy (non-hydrogen) atoms. The lowest BCUT2D eigenvalue weighted by atomic mass is 10.1. The van der Waals surface area contributed by atoms with E-state index in [1.165, 1.54) is 0 Å². The first kappa shape index (κ1) is 17.5. The van der Waals surface area contributed by atoms with E-state index in [-0.39, 0.29) is 12.1 Å². The number of aromatic nitrogens is 2. The number of nitrogens with zero attached hydrogens (tertiary/aromatic N) is 4. The molecule has 7 heteroatoms. The van der Waals surface area contributed by atoms with E-state index in [1.54, 1.807) is 12.4 Å². The lowest BCUT2D eigenvalue weighted by Gasteiger charge is -2.36. The Labute approximate surface area is 152 Å². The number of amides is 2. The maximum absolute atomic E-state index is 12.6. The zero-order valence-corrected chi connectivity index (χ0v) is 15.0. The number of anilines is 1. The van der Waals surface area contributed by atoms with E-state index in [0.29, 0.717) is 18.1 Å². The second-order valence-electron chi connectivity index (χ2n) is 5.97. The fourth-order valence-electron chi connectivity index (χ4n) is 2.90. The molecule has 1 N–H and O–H groups in total. The van der Waals surface area contributed by atoms with Crippen molar-refractivity contribution < 1.29 is 4.79 Å². The lowest BCUT2D eigenvalue weighted by Crippen LogP contribution is -2.52. The number of hydrogen-bond acceptors (Lipinski definition) is 4. The van der Waals surface area contributed by atoms with E-state index in [4.69, 9.17) is 11.6 Å². The van der Waals surface area contributed by atoms with Crippen molar-refractivity contribution in [2.75, 3.05) is 31.1 Å². The van der Waals surface area contributed by atoms with Gasteiger partial charge in [-0.25, -0.2) is 9.78 Å². The summed E-state index contributed by atoms with van der Waals surface area (Å²) in [5.41, 5.74) is 0.891. The van der Waals surface area contributed by atoms with Crippen molar-refractivity contribution in [2.45, 2.75) is 19.4 Å². The van der Waals surface area contributed by atoms with Gasteiger partial charge in [0, 0.05) is 38.6 Å². The van der Waals surface area contributed by atoms with Gasteiger partial charge in [-0.1, -0.05) is 24.6 Å². The third-order valence-electron chi connectivity index (χ3n) is 4.35. The van der Waals surface area contributed by atoms with Crippen LogP contribution in [0.25, 0.3) is 0 Å². The number of carbonyl (C=O) groups excluding carboxylic acids is 1. The minimum absolute atomic E-state index is 0.0405. The van der Waals surface area contributed by atoms with Gasteiger partial charge in [0.1, 0.15) is 5.82 Å². The second-order valence-corrected chi connectivity index (χ2v) is 6.41. The van der Waals surface area contributed by atoms with Gasteiger partial charge in [-0.15, -0.1) is 0 Å². The number of rotatable bonds is 4. The number of halogens is 1. The van der Waals surface area contributed by atoms with Crippen LogP contribution in [0.3, 0.4) is 0 Å². The molecule has 3 heterocycles. The minimum atomic E-state index is -0.0651. The van der Waals surface area contributed by atoms with E-state index in [0.717, 1.165) is 31.0 Å². The molecule has 1 atom stereocenters. The molecule has 2 aromatic heterocycles. The van der Waals surface area contributed by atoms with Crippen LogP contribution in [0.1, 0.15) is 25.1 Å². The molecule has 0 unspecified atom stereocenters. The monoisotopic (exact) mass is 359 g/mol. The zero-order valence-electron chi connectivity index (χ0n) is 14.2. The third kappa shape index (κ3) is 4.39. The van der Waals surface area contributed by atoms with Gasteiger partial charge in [0.2, 0.25) is 0 Å². The van der Waals surface area contributed by atoms with Crippen LogP contribution in [-0.4, -0.2) is 47.1 Å². The van der Waals surface area contributed by atoms with Gasteiger partial charge in [-0.2, -0.15) is 0 Å². The average molecular weight is 360 g/mol. The van der Waals surface area contributed by atoms with Gasteiger partial charge < -0.3 is 15.1 Å².